The van der Waals surface area contributed by atoms with Gasteiger partial charge < -0.3 is 5.73 Å². The van der Waals surface area contributed by atoms with Crippen molar-refractivity contribution >= 4 is 44.8 Å². The van der Waals surface area contributed by atoms with Gasteiger partial charge in [-0.3, -0.25) is 10.1 Å². The van der Waals surface area contributed by atoms with Gasteiger partial charge in [-0.25, -0.2) is 4.98 Å². The smallest absolute Gasteiger partial charge is 0.286 e. The molecule has 3 N–H and O–H groups in total. The largest absolute Gasteiger partial charge is 0.376 e. The summed E-state index contributed by atoms with van der Waals surface area (Å²) >= 11 is 5.88. The highest BCUT2D eigenvalue weighted by Crippen LogP contribution is 2.21. The van der Waals surface area contributed by atoms with E-state index in [0.29, 0.717) is 5.01 Å². The first-order valence-electron chi connectivity index (χ1n) is 4.13. The first-order chi connectivity index (χ1) is 7.16. The van der Waals surface area contributed by atoms with Crippen LogP contribution in [0.5, 0.6) is 0 Å². The third-order valence-electron chi connectivity index (χ3n) is 1.72. The average molecular weight is 237 g/mol. The molecule has 2 rings (SSSR count). The molecule has 0 bridgehead atoms. The van der Waals surface area contributed by atoms with Crippen molar-refractivity contribution in [3.8, 4) is 0 Å². The molecule has 0 unspecified atom stereocenters. The fourth-order valence-corrected chi connectivity index (χ4v) is 2.09. The van der Waals surface area contributed by atoms with Crippen LogP contribution in [0.25, 0.3) is 10.2 Å². The molecule has 0 aliphatic heterocycles. The molecule has 1 aromatic carbocycles. The van der Waals surface area contributed by atoms with Crippen molar-refractivity contribution in [2.75, 3.05) is 0 Å². The number of benzene rings is 1. The monoisotopic (exact) mass is 237 g/mol. The Bertz CT molecular complexity index is 502. The van der Waals surface area contributed by atoms with E-state index >= 15 is 0 Å². The molecular weight excluding hydrogens is 230 g/mol. The van der Waals surface area contributed by atoms with Crippen molar-refractivity contribution in [2.24, 2.45) is 5.73 Å². The molecule has 76 valence electrons. The minimum Gasteiger partial charge on any atom is -0.376 e. The summed E-state index contributed by atoms with van der Waals surface area (Å²) in [6, 6.07) is 7.53. The Morgan fingerprint density at radius 2 is 2.20 bits per heavy atom. The molecule has 0 atom stereocenters. The Hall–Kier alpha value is -1.53. The molecule has 0 fully saturated rings. The van der Waals surface area contributed by atoms with Gasteiger partial charge in [-0.05, 0) is 24.4 Å². The number of amides is 1. The lowest BCUT2D eigenvalue weighted by Crippen LogP contribution is -2.34. The van der Waals surface area contributed by atoms with Crippen LogP contribution in [0.4, 0.5) is 0 Å². The first-order valence-corrected chi connectivity index (χ1v) is 5.35. The zero-order chi connectivity index (χ0) is 10.8. The molecule has 0 saturated carbocycles. The lowest BCUT2D eigenvalue weighted by Gasteiger charge is -1.96. The fourth-order valence-electron chi connectivity index (χ4n) is 1.13. The second-order valence-corrected chi connectivity index (χ2v) is 4.28. The van der Waals surface area contributed by atoms with Gasteiger partial charge in [-0.1, -0.05) is 12.1 Å². The number of thiazole rings is 1. The van der Waals surface area contributed by atoms with E-state index in [0.717, 1.165) is 10.2 Å². The van der Waals surface area contributed by atoms with Crippen LogP contribution in [0, 0.1) is 0 Å². The zero-order valence-electron chi connectivity index (χ0n) is 7.56. The molecule has 0 radical (unpaired) electrons. The molecule has 2 aromatic rings. The Balaban J connectivity index is 2.36. The van der Waals surface area contributed by atoms with Crippen molar-refractivity contribution in [3.05, 3.63) is 29.3 Å². The van der Waals surface area contributed by atoms with Crippen molar-refractivity contribution in [1.82, 2.24) is 10.3 Å². The molecule has 0 spiro atoms. The molecular formula is C9H7N3OS2. The minimum atomic E-state index is -0.358. The van der Waals surface area contributed by atoms with Gasteiger partial charge in [0.2, 0.25) is 0 Å². The molecule has 15 heavy (non-hydrogen) atoms. The summed E-state index contributed by atoms with van der Waals surface area (Å²) in [6.07, 6.45) is 0. The summed E-state index contributed by atoms with van der Waals surface area (Å²) in [5.74, 6) is -0.358. The zero-order valence-corrected chi connectivity index (χ0v) is 9.19. The van der Waals surface area contributed by atoms with E-state index in [2.05, 4.69) is 22.5 Å². The molecule has 1 amide bonds. The highest BCUT2D eigenvalue weighted by molar-refractivity contribution is 7.80. The summed E-state index contributed by atoms with van der Waals surface area (Å²) in [6.45, 7) is 0. The number of thiocarbonyl (C=S) groups is 1. The van der Waals surface area contributed by atoms with Gasteiger partial charge in [0.15, 0.2) is 10.1 Å². The number of carbonyl (C=O) groups is 1. The third-order valence-corrected chi connectivity index (χ3v) is 2.86. The van der Waals surface area contributed by atoms with Crippen molar-refractivity contribution in [3.63, 3.8) is 0 Å². The van der Waals surface area contributed by atoms with E-state index in [1.54, 1.807) is 0 Å². The van der Waals surface area contributed by atoms with E-state index in [-0.39, 0.29) is 11.0 Å². The fraction of sp³-hybridized carbons (Fsp3) is 0. The minimum absolute atomic E-state index is 0.0424. The number of rotatable bonds is 1. The molecule has 0 aliphatic rings. The summed E-state index contributed by atoms with van der Waals surface area (Å²) in [5.41, 5.74) is 6.00. The normalized spacial score (nSPS) is 10.1. The molecule has 1 heterocycles. The predicted octanol–water partition coefficient (Wildman–Crippen LogP) is 1.27. The summed E-state index contributed by atoms with van der Waals surface area (Å²) in [5, 5.41) is 2.66. The van der Waals surface area contributed by atoms with Gasteiger partial charge >= 0.3 is 0 Å². The maximum absolute atomic E-state index is 11.5. The van der Waals surface area contributed by atoms with E-state index in [1.165, 1.54) is 11.3 Å². The number of nitrogens with zero attached hydrogens (tertiary/aromatic N) is 1. The van der Waals surface area contributed by atoms with Gasteiger partial charge in [0, 0.05) is 0 Å². The Morgan fingerprint density at radius 3 is 2.87 bits per heavy atom. The summed E-state index contributed by atoms with van der Waals surface area (Å²) < 4.78 is 0.964. The van der Waals surface area contributed by atoms with Crippen molar-refractivity contribution < 1.29 is 4.79 Å². The number of nitrogens with two attached hydrogens (primary N) is 1. The Labute approximate surface area is 95.1 Å². The number of carbonyl (C=O) groups excluding carboxylic acids is 1. The molecule has 4 nitrogen and oxygen atoms in total. The van der Waals surface area contributed by atoms with E-state index in [1.807, 2.05) is 24.3 Å². The predicted molar refractivity (Wildman–Crippen MR) is 63.9 cm³/mol. The highest BCUT2D eigenvalue weighted by Gasteiger charge is 2.11. The maximum Gasteiger partial charge on any atom is 0.286 e. The van der Waals surface area contributed by atoms with Gasteiger partial charge in [-0.2, -0.15) is 0 Å². The van der Waals surface area contributed by atoms with Crippen LogP contribution < -0.4 is 11.1 Å². The van der Waals surface area contributed by atoms with Crippen LogP contribution in [0.2, 0.25) is 0 Å². The SMILES string of the molecule is NC(=S)NC(=O)c1nc2ccccc2s1. The van der Waals surface area contributed by atoms with Gasteiger partial charge in [0.05, 0.1) is 10.2 Å². The van der Waals surface area contributed by atoms with E-state index in [4.69, 9.17) is 5.73 Å². The van der Waals surface area contributed by atoms with Crippen molar-refractivity contribution in [2.45, 2.75) is 0 Å². The van der Waals surface area contributed by atoms with Crippen LogP contribution in [-0.2, 0) is 0 Å². The number of hydrogen-bond donors (Lipinski definition) is 2. The quantitative estimate of drug-likeness (QED) is 0.733. The number of nitrogens with one attached hydrogen (secondary N) is 1. The van der Waals surface area contributed by atoms with Gasteiger partial charge in [0.25, 0.3) is 5.91 Å². The number of aromatic nitrogens is 1. The maximum atomic E-state index is 11.5. The van der Waals surface area contributed by atoms with Crippen LogP contribution in [0.1, 0.15) is 9.80 Å². The van der Waals surface area contributed by atoms with Gasteiger partial charge in [0.1, 0.15) is 0 Å². The summed E-state index contributed by atoms with van der Waals surface area (Å²) in [4.78, 5) is 15.7. The van der Waals surface area contributed by atoms with Crippen LogP contribution >= 0.6 is 23.6 Å². The van der Waals surface area contributed by atoms with E-state index in [9.17, 15) is 4.79 Å². The van der Waals surface area contributed by atoms with Crippen LogP contribution in [-0.4, -0.2) is 16.0 Å². The third kappa shape index (κ3) is 2.11. The van der Waals surface area contributed by atoms with Crippen LogP contribution in [0.3, 0.4) is 0 Å². The summed E-state index contributed by atoms with van der Waals surface area (Å²) in [7, 11) is 0. The van der Waals surface area contributed by atoms with Crippen molar-refractivity contribution in [1.29, 1.82) is 0 Å². The lowest BCUT2D eigenvalue weighted by atomic mass is 10.3. The van der Waals surface area contributed by atoms with E-state index < -0.39 is 0 Å². The van der Waals surface area contributed by atoms with Crippen LogP contribution in [0.15, 0.2) is 24.3 Å². The number of para-hydroxylation sites is 1. The highest BCUT2D eigenvalue weighted by atomic mass is 32.1. The Kier molecular flexibility index (Phi) is 2.61. The average Bonchev–Trinajstić information content (AvgIpc) is 2.59. The van der Waals surface area contributed by atoms with Gasteiger partial charge in [-0.15, -0.1) is 11.3 Å². The Morgan fingerprint density at radius 1 is 1.47 bits per heavy atom. The topological polar surface area (TPSA) is 68.0 Å². The lowest BCUT2D eigenvalue weighted by molar-refractivity contribution is 0.0977. The second-order valence-electron chi connectivity index (χ2n) is 2.81. The standard InChI is InChI=1S/C9H7N3OS2/c10-9(14)12-7(13)8-11-5-3-1-2-4-6(5)15-8/h1-4H,(H3,10,12,13,14). The molecule has 0 saturated heterocycles. The second kappa shape index (κ2) is 3.92. The first kappa shape index (κ1) is 10.0. The molecule has 0 aliphatic carbocycles. The molecule has 6 heteroatoms. The molecule has 1 aromatic heterocycles. The number of hydrogen-bond acceptors (Lipinski definition) is 4. The number of fused-ring (bicyclic) bond motifs is 1.